The molecular weight excluding hydrogens is 746 g/mol. The van der Waals surface area contributed by atoms with Crippen LogP contribution in [0.15, 0.2) is 72.9 Å². The summed E-state index contributed by atoms with van der Waals surface area (Å²) < 4.78 is 35.0. The summed E-state index contributed by atoms with van der Waals surface area (Å²) in [5.74, 6) is -0.337. The molecule has 0 spiro atoms. The molecule has 0 saturated heterocycles. The van der Waals surface area contributed by atoms with E-state index in [-0.39, 0.29) is 25.8 Å². The molecule has 0 aliphatic rings. The summed E-state index contributed by atoms with van der Waals surface area (Å²) in [6, 6.07) is 0. The fourth-order valence-corrected chi connectivity index (χ4v) is 6.67. The number of esters is 1. The van der Waals surface area contributed by atoms with Crippen molar-refractivity contribution in [1.29, 1.82) is 0 Å². The molecule has 8 nitrogen and oxygen atoms in total. The summed E-state index contributed by atoms with van der Waals surface area (Å²) in [7, 11) is 1.64. The molecule has 0 rings (SSSR count). The van der Waals surface area contributed by atoms with Crippen molar-refractivity contribution in [2.24, 2.45) is 0 Å². The Hall–Kier alpha value is -2.06. The first-order valence-electron chi connectivity index (χ1n) is 23.2. The molecule has 336 valence electrons. The molecule has 2 unspecified atom stereocenters. The first-order chi connectivity index (χ1) is 28.1. The Morgan fingerprint density at radius 2 is 1.00 bits per heavy atom. The Morgan fingerprint density at radius 3 is 1.52 bits per heavy atom. The van der Waals surface area contributed by atoms with Gasteiger partial charge < -0.3 is 18.9 Å². The number of carbonyl (C=O) groups excluding carboxylic acids is 1. The van der Waals surface area contributed by atoms with Crippen molar-refractivity contribution >= 4 is 13.8 Å². The van der Waals surface area contributed by atoms with Crippen molar-refractivity contribution in [3.05, 3.63) is 72.9 Å². The third-order valence-electron chi connectivity index (χ3n) is 9.50. The minimum atomic E-state index is -4.29. The third kappa shape index (κ3) is 45.0. The Morgan fingerprint density at radius 1 is 0.552 bits per heavy atom. The lowest BCUT2D eigenvalue weighted by atomic mass is 10.1. The van der Waals surface area contributed by atoms with Crippen molar-refractivity contribution in [2.45, 2.75) is 180 Å². The number of hydrogen-bond acceptors (Lipinski definition) is 6. The van der Waals surface area contributed by atoms with Crippen LogP contribution < -0.4 is 0 Å². The van der Waals surface area contributed by atoms with E-state index in [0.717, 1.165) is 83.5 Å². The summed E-state index contributed by atoms with van der Waals surface area (Å²) >= 11 is 0. The van der Waals surface area contributed by atoms with Crippen molar-refractivity contribution in [2.75, 3.05) is 54.1 Å². The molecule has 0 aromatic heterocycles. The number of hydrogen-bond donors (Lipinski definition) is 1. The lowest BCUT2D eigenvalue weighted by Crippen LogP contribution is -2.37. The zero-order valence-electron chi connectivity index (χ0n) is 38.0. The maximum Gasteiger partial charge on any atom is 0.472 e. The molecule has 0 aromatic rings. The van der Waals surface area contributed by atoms with E-state index < -0.39 is 13.9 Å². The fourth-order valence-electron chi connectivity index (χ4n) is 5.93. The lowest BCUT2D eigenvalue weighted by Gasteiger charge is -2.24. The van der Waals surface area contributed by atoms with Crippen LogP contribution in [-0.2, 0) is 27.9 Å². The maximum atomic E-state index is 12.7. The van der Waals surface area contributed by atoms with Gasteiger partial charge in [-0.1, -0.05) is 157 Å². The Bertz CT molecular complexity index is 1150. The fraction of sp³-hybridized carbons (Fsp3) is 0.735. The van der Waals surface area contributed by atoms with Crippen LogP contribution in [-0.4, -0.2) is 75.6 Å². The smallest absolute Gasteiger partial charge is 0.457 e. The van der Waals surface area contributed by atoms with Gasteiger partial charge in [0.25, 0.3) is 0 Å². The zero-order valence-corrected chi connectivity index (χ0v) is 38.9. The van der Waals surface area contributed by atoms with Gasteiger partial charge in [0.2, 0.25) is 0 Å². The van der Waals surface area contributed by atoms with Crippen LogP contribution in [0.1, 0.15) is 174 Å². The highest BCUT2D eigenvalue weighted by atomic mass is 31.2. The van der Waals surface area contributed by atoms with Crippen LogP contribution in [0.2, 0.25) is 0 Å². The van der Waals surface area contributed by atoms with Gasteiger partial charge >= 0.3 is 13.8 Å². The van der Waals surface area contributed by atoms with E-state index in [0.29, 0.717) is 24.1 Å². The first-order valence-corrected chi connectivity index (χ1v) is 24.7. The minimum absolute atomic E-state index is 0.0798. The maximum absolute atomic E-state index is 12.7. The van der Waals surface area contributed by atoms with Crippen LogP contribution in [0, 0.1) is 0 Å². The summed E-state index contributed by atoms with van der Waals surface area (Å²) in [6.45, 7) is 5.45. The van der Waals surface area contributed by atoms with Gasteiger partial charge in [0, 0.05) is 13.0 Å². The SMILES string of the molecule is CC/C=C\C/C=C\C/C=C\C/C=C\C/C=C\CCCCCCCC(=O)OC(COCCCCCCCC/C=C\CCCCCCC)COP(=O)(O)OCC[N+](C)(C)C. The van der Waals surface area contributed by atoms with E-state index in [2.05, 4.69) is 86.8 Å². The van der Waals surface area contributed by atoms with E-state index >= 15 is 0 Å². The van der Waals surface area contributed by atoms with Gasteiger partial charge in [0.1, 0.15) is 19.3 Å². The van der Waals surface area contributed by atoms with Gasteiger partial charge in [0.15, 0.2) is 0 Å². The summed E-state index contributed by atoms with van der Waals surface area (Å²) in [5.41, 5.74) is 0. The number of phosphoric ester groups is 1. The monoisotopic (exact) mass is 835 g/mol. The molecule has 0 saturated carbocycles. The van der Waals surface area contributed by atoms with Crippen LogP contribution >= 0.6 is 7.82 Å². The molecule has 0 radical (unpaired) electrons. The number of carbonyl (C=O) groups is 1. The Labute approximate surface area is 357 Å². The summed E-state index contributed by atoms with van der Waals surface area (Å²) in [4.78, 5) is 22.9. The van der Waals surface area contributed by atoms with Crippen molar-refractivity contribution in [3.63, 3.8) is 0 Å². The quantitative estimate of drug-likeness (QED) is 0.0215. The Kier molecular flexibility index (Phi) is 40.2. The number of quaternary nitrogens is 1. The van der Waals surface area contributed by atoms with E-state index in [4.69, 9.17) is 18.5 Å². The van der Waals surface area contributed by atoms with Gasteiger partial charge in [-0.05, 0) is 83.5 Å². The number of likely N-dealkylation sites (N-methyl/N-ethyl adjacent to an activating group) is 1. The highest BCUT2D eigenvalue weighted by Gasteiger charge is 2.26. The molecule has 0 amide bonds. The molecule has 1 N–H and O–H groups in total. The molecular formula is C49H89NO7P+. The number of phosphoric acid groups is 1. The Balaban J connectivity index is 4.27. The molecule has 0 fully saturated rings. The molecule has 9 heteroatoms. The minimum Gasteiger partial charge on any atom is -0.457 e. The van der Waals surface area contributed by atoms with Crippen LogP contribution in [0.25, 0.3) is 0 Å². The van der Waals surface area contributed by atoms with Crippen molar-refractivity contribution in [3.8, 4) is 0 Å². The molecule has 0 bridgehead atoms. The second-order valence-corrected chi connectivity index (χ2v) is 17.9. The van der Waals surface area contributed by atoms with Gasteiger partial charge in [-0.3, -0.25) is 13.8 Å². The van der Waals surface area contributed by atoms with Crippen molar-refractivity contribution < 1.29 is 37.3 Å². The molecule has 0 heterocycles. The number of unbranched alkanes of at least 4 members (excludes halogenated alkanes) is 16. The van der Waals surface area contributed by atoms with Crippen LogP contribution in [0.4, 0.5) is 0 Å². The van der Waals surface area contributed by atoms with E-state index in [1.807, 2.05) is 21.1 Å². The summed E-state index contributed by atoms with van der Waals surface area (Å²) in [5, 5.41) is 0. The normalized spacial score (nSPS) is 14.4. The average molecular weight is 835 g/mol. The van der Waals surface area contributed by atoms with E-state index in [1.54, 1.807) is 0 Å². The number of allylic oxidation sites excluding steroid dienone is 12. The number of nitrogens with zero attached hydrogens (tertiary/aromatic N) is 1. The van der Waals surface area contributed by atoms with Gasteiger partial charge in [-0.2, -0.15) is 0 Å². The van der Waals surface area contributed by atoms with E-state index in [9.17, 15) is 14.3 Å². The number of ether oxygens (including phenoxy) is 2. The van der Waals surface area contributed by atoms with Gasteiger partial charge in [0.05, 0.1) is 34.4 Å². The molecule has 2 atom stereocenters. The highest BCUT2D eigenvalue weighted by Crippen LogP contribution is 2.43. The topological polar surface area (TPSA) is 91.3 Å². The number of rotatable bonds is 42. The predicted molar refractivity (Wildman–Crippen MR) is 247 cm³/mol. The van der Waals surface area contributed by atoms with Crippen molar-refractivity contribution in [1.82, 2.24) is 0 Å². The second-order valence-electron chi connectivity index (χ2n) is 16.4. The van der Waals surface area contributed by atoms with Gasteiger partial charge in [-0.15, -0.1) is 0 Å². The predicted octanol–water partition coefficient (Wildman–Crippen LogP) is 13.9. The summed E-state index contributed by atoms with van der Waals surface area (Å²) in [6.07, 6.45) is 53.6. The lowest BCUT2D eigenvalue weighted by molar-refractivity contribution is -0.870. The van der Waals surface area contributed by atoms with E-state index in [1.165, 1.54) is 70.6 Å². The molecule has 0 aliphatic heterocycles. The highest BCUT2D eigenvalue weighted by molar-refractivity contribution is 7.47. The average Bonchev–Trinajstić information content (AvgIpc) is 3.18. The molecule has 0 aromatic carbocycles. The molecule has 58 heavy (non-hydrogen) atoms. The first kappa shape index (κ1) is 55.9. The standard InChI is InChI=1S/C49H88NO7P/c1-6-8-10-12-14-16-18-20-22-23-24-25-26-27-28-30-32-34-36-38-40-42-49(51)57-48(47-56-58(52,53)55-45-43-50(3,4)5)46-54-44-41-39-37-35-33-31-29-21-19-17-15-13-11-9-7-2/h8,10,14,16,19-22,24-25,27-28,48H,6-7,9,11-13,15,17-18,23,26,29-47H2,1-5H3/p+1/b10-8-,16-14-,21-19-,22-20-,25-24-,28-27-. The second kappa shape index (κ2) is 41.7. The largest absolute Gasteiger partial charge is 0.472 e. The van der Waals surface area contributed by atoms with Gasteiger partial charge in [-0.25, -0.2) is 4.57 Å². The zero-order chi connectivity index (χ0) is 42.7. The molecule has 0 aliphatic carbocycles. The van der Waals surface area contributed by atoms with Crippen LogP contribution in [0.5, 0.6) is 0 Å². The third-order valence-corrected chi connectivity index (χ3v) is 10.5. The van der Waals surface area contributed by atoms with Crippen LogP contribution in [0.3, 0.4) is 0 Å².